The summed E-state index contributed by atoms with van der Waals surface area (Å²) in [5, 5.41) is 2.84. The summed E-state index contributed by atoms with van der Waals surface area (Å²) in [5.74, 6) is -2.17. The maximum absolute atomic E-state index is 14.2. The van der Waals surface area contributed by atoms with Gasteiger partial charge in [0.05, 0.1) is 29.1 Å². The van der Waals surface area contributed by atoms with Gasteiger partial charge in [-0.2, -0.15) is 13.2 Å². The lowest BCUT2D eigenvalue weighted by molar-refractivity contribution is -0.140. The van der Waals surface area contributed by atoms with E-state index < -0.39 is 74.4 Å². The number of carbonyl (C=O) groups excluding carboxylic acids is 3. The molecule has 290 valence electrons. The Morgan fingerprint density at radius 2 is 1.82 bits per heavy atom. The predicted octanol–water partition coefficient (Wildman–Crippen LogP) is 5.35. The summed E-state index contributed by atoms with van der Waals surface area (Å²) in [4.78, 5) is 47.9. The minimum absolute atomic E-state index is 0.0114. The van der Waals surface area contributed by atoms with Gasteiger partial charge in [0.2, 0.25) is 21.8 Å². The number of carbonyl (C=O) groups is 3. The van der Waals surface area contributed by atoms with E-state index >= 15 is 0 Å². The number of furan rings is 1. The zero-order valence-corrected chi connectivity index (χ0v) is 30.5. The van der Waals surface area contributed by atoms with Crippen molar-refractivity contribution in [3.8, 4) is 17.0 Å². The van der Waals surface area contributed by atoms with Gasteiger partial charge in [-0.3, -0.25) is 19.1 Å². The number of nitrogens with one attached hydrogen (secondary N) is 2. The summed E-state index contributed by atoms with van der Waals surface area (Å²) in [6, 6.07) is 11.2. The van der Waals surface area contributed by atoms with E-state index in [-0.39, 0.29) is 30.7 Å². The van der Waals surface area contributed by atoms with Gasteiger partial charge in [-0.15, -0.1) is 0 Å². The Kier molecular flexibility index (Phi) is 9.39. The number of alkyl halides is 3. The SMILES string of the molecule is N[C@H]1CCCCC/C=C\[C@@H]2C[C@@]2(C(=O)NS(=O)(=O)C2CC2)NC(=O)[C@@H]2C[C@@H](Oc3cc(-c4ccc(C(F)(F)F)cc4)nc4c3oc3ccccc34)CN2C1=O. The van der Waals surface area contributed by atoms with Crippen molar-refractivity contribution < 1.29 is 45.1 Å². The van der Waals surface area contributed by atoms with E-state index in [1.807, 2.05) is 12.2 Å². The minimum Gasteiger partial charge on any atom is -0.484 e. The number of allylic oxidation sites excluding steroid dienone is 1. The summed E-state index contributed by atoms with van der Waals surface area (Å²) < 4.78 is 80.6. The van der Waals surface area contributed by atoms with Gasteiger partial charge in [-0.1, -0.05) is 49.3 Å². The Labute approximate surface area is 314 Å². The van der Waals surface area contributed by atoms with Crippen molar-refractivity contribution in [2.75, 3.05) is 6.54 Å². The predicted molar refractivity (Wildman–Crippen MR) is 196 cm³/mol. The first-order valence-corrected chi connectivity index (χ1v) is 20.1. The van der Waals surface area contributed by atoms with E-state index in [2.05, 4.69) is 10.0 Å². The quantitative estimate of drug-likeness (QED) is 0.218. The van der Waals surface area contributed by atoms with Crippen LogP contribution in [0.3, 0.4) is 0 Å². The molecule has 0 spiro atoms. The lowest BCUT2D eigenvalue weighted by atomic mass is 10.1. The van der Waals surface area contributed by atoms with Crippen molar-refractivity contribution in [1.29, 1.82) is 0 Å². The summed E-state index contributed by atoms with van der Waals surface area (Å²) in [7, 11) is -3.91. The zero-order valence-electron chi connectivity index (χ0n) is 29.7. The average molecular weight is 780 g/mol. The zero-order chi connectivity index (χ0) is 38.7. The number of amides is 3. The highest BCUT2D eigenvalue weighted by Crippen LogP contribution is 2.46. The van der Waals surface area contributed by atoms with E-state index in [1.165, 1.54) is 17.0 Å². The molecule has 0 radical (unpaired) electrons. The van der Waals surface area contributed by atoms with Gasteiger partial charge in [0, 0.05) is 29.4 Å². The third-order valence-electron chi connectivity index (χ3n) is 11.0. The number of ether oxygens (including phenoxy) is 1. The molecule has 12 nitrogen and oxygen atoms in total. The highest BCUT2D eigenvalue weighted by atomic mass is 32.2. The van der Waals surface area contributed by atoms with Crippen LogP contribution in [-0.2, 0) is 30.6 Å². The molecule has 2 saturated carbocycles. The number of fused-ring (bicyclic) bond motifs is 5. The van der Waals surface area contributed by atoms with Crippen LogP contribution < -0.4 is 20.5 Å². The molecular formula is C39H40F3N5O7S. The number of aromatic nitrogens is 1. The van der Waals surface area contributed by atoms with Gasteiger partial charge in [0.1, 0.15) is 28.8 Å². The number of para-hydroxylation sites is 1. The first-order chi connectivity index (χ1) is 26.2. The number of benzene rings is 2. The van der Waals surface area contributed by atoms with Gasteiger partial charge in [-0.05, 0) is 62.8 Å². The van der Waals surface area contributed by atoms with Crippen LogP contribution in [0.4, 0.5) is 13.2 Å². The molecule has 4 aromatic rings. The fraction of sp³-hybridized carbons (Fsp3) is 0.436. The minimum atomic E-state index is -4.52. The number of halogens is 3. The standard InChI is InChI=1S/C39H40F3N5O7S/c40-39(41,42)23-14-12-22(13-15-23)29-19-32(34-33(44-29)27-9-6-7-11-31(27)54-34)53-25-18-30-35(48)45-38(37(50)46-55(51,52)26-16-17-26)20-24(38)8-4-2-1-3-5-10-28(43)36(49)47(30)21-25/h4,6-9,11-15,19,24-26,28,30H,1-3,5,10,16-18,20-21,43H2,(H,45,48)(H,46,50)/b8-4-/t24-,25-,28+,30+,38-/m1/s1. The van der Waals surface area contributed by atoms with E-state index in [4.69, 9.17) is 19.9 Å². The Bertz CT molecular complexity index is 2310. The molecule has 4 aliphatic rings. The number of hydrogen-bond acceptors (Lipinski definition) is 9. The maximum Gasteiger partial charge on any atom is 0.416 e. The van der Waals surface area contributed by atoms with Gasteiger partial charge in [-0.25, -0.2) is 13.4 Å². The first-order valence-electron chi connectivity index (χ1n) is 18.5. The Morgan fingerprint density at radius 3 is 2.56 bits per heavy atom. The van der Waals surface area contributed by atoms with Crippen molar-refractivity contribution in [2.24, 2.45) is 11.7 Å². The molecule has 4 heterocycles. The smallest absolute Gasteiger partial charge is 0.416 e. The summed E-state index contributed by atoms with van der Waals surface area (Å²) in [6.07, 6.45) is 2.98. The van der Waals surface area contributed by atoms with Crippen LogP contribution in [0.2, 0.25) is 0 Å². The fourth-order valence-electron chi connectivity index (χ4n) is 7.64. The lowest BCUT2D eigenvalue weighted by Crippen LogP contribution is -2.57. The molecule has 2 aromatic carbocycles. The first kappa shape index (κ1) is 37.0. The van der Waals surface area contributed by atoms with Crippen LogP contribution in [0.25, 0.3) is 33.3 Å². The van der Waals surface area contributed by atoms with E-state index in [0.717, 1.165) is 25.0 Å². The molecule has 0 bridgehead atoms. The van der Waals surface area contributed by atoms with E-state index in [1.54, 1.807) is 30.3 Å². The second kappa shape index (κ2) is 14.0. The van der Waals surface area contributed by atoms with E-state index in [9.17, 15) is 36.0 Å². The molecule has 3 amide bonds. The molecule has 55 heavy (non-hydrogen) atoms. The molecule has 5 atom stereocenters. The van der Waals surface area contributed by atoms with Crippen molar-refractivity contribution in [3.05, 3.63) is 72.3 Å². The lowest BCUT2D eigenvalue weighted by Gasteiger charge is -2.28. The number of sulfonamides is 1. The third kappa shape index (κ3) is 7.29. The van der Waals surface area contributed by atoms with Crippen LogP contribution in [0.15, 0.2) is 71.2 Å². The molecule has 2 aliphatic heterocycles. The molecule has 3 fully saturated rings. The second-order valence-corrected chi connectivity index (χ2v) is 16.9. The largest absolute Gasteiger partial charge is 0.484 e. The molecule has 4 N–H and O–H groups in total. The van der Waals surface area contributed by atoms with Crippen molar-refractivity contribution >= 4 is 49.8 Å². The van der Waals surface area contributed by atoms with Crippen LogP contribution in [-0.4, -0.2) is 71.5 Å². The molecule has 0 unspecified atom stereocenters. The summed E-state index contributed by atoms with van der Waals surface area (Å²) >= 11 is 0. The highest BCUT2D eigenvalue weighted by molar-refractivity contribution is 7.91. The molecule has 2 aliphatic carbocycles. The molecule has 8 rings (SSSR count). The number of hydrogen-bond donors (Lipinski definition) is 3. The highest BCUT2D eigenvalue weighted by Gasteiger charge is 2.62. The molecular weight excluding hydrogens is 740 g/mol. The fourth-order valence-corrected chi connectivity index (χ4v) is 9.00. The van der Waals surface area contributed by atoms with E-state index in [0.29, 0.717) is 59.8 Å². The number of nitrogens with zero attached hydrogens (tertiary/aromatic N) is 2. The van der Waals surface area contributed by atoms with Crippen LogP contribution >= 0.6 is 0 Å². The van der Waals surface area contributed by atoms with Crippen molar-refractivity contribution in [2.45, 2.75) is 92.9 Å². The normalized spacial score (nSPS) is 27.1. The molecule has 16 heteroatoms. The second-order valence-electron chi connectivity index (χ2n) is 15.0. The van der Waals surface area contributed by atoms with Crippen LogP contribution in [0.5, 0.6) is 5.75 Å². The Morgan fingerprint density at radius 1 is 1.05 bits per heavy atom. The molecule has 2 aromatic heterocycles. The van der Waals surface area contributed by atoms with Crippen LogP contribution in [0, 0.1) is 5.92 Å². The monoisotopic (exact) mass is 779 g/mol. The van der Waals surface area contributed by atoms with Gasteiger partial charge in [0.25, 0.3) is 5.91 Å². The van der Waals surface area contributed by atoms with Crippen molar-refractivity contribution in [3.63, 3.8) is 0 Å². The number of pyridine rings is 1. The Balaban J connectivity index is 1.12. The number of rotatable bonds is 6. The van der Waals surface area contributed by atoms with Gasteiger partial charge in [0.15, 0.2) is 11.3 Å². The molecule has 1 saturated heterocycles. The summed E-state index contributed by atoms with van der Waals surface area (Å²) in [5.41, 5.74) is 5.97. The third-order valence-corrected chi connectivity index (χ3v) is 12.8. The van der Waals surface area contributed by atoms with Crippen LogP contribution in [0.1, 0.15) is 63.4 Å². The van der Waals surface area contributed by atoms with Gasteiger partial charge >= 0.3 is 6.18 Å². The van der Waals surface area contributed by atoms with Gasteiger partial charge < -0.3 is 25.1 Å². The average Bonchev–Trinajstić information content (AvgIpc) is 4.05. The Hall–Kier alpha value is -4.96. The topological polar surface area (TPSA) is 174 Å². The summed E-state index contributed by atoms with van der Waals surface area (Å²) in [6.45, 7) is -0.0527. The number of nitrogens with two attached hydrogens (primary N) is 1. The maximum atomic E-state index is 14.2. The van der Waals surface area contributed by atoms with Crippen molar-refractivity contribution in [1.82, 2.24) is 19.9 Å².